The topological polar surface area (TPSA) is 41.6 Å². The van der Waals surface area contributed by atoms with E-state index in [-0.39, 0.29) is 11.4 Å². The van der Waals surface area contributed by atoms with E-state index >= 15 is 0 Å². The SMILES string of the molecule is CC1(C)COCCN1C(=O)CNC1CC1. The Kier molecular flexibility index (Phi) is 2.98. The quantitative estimate of drug-likeness (QED) is 0.735. The molecule has 1 aliphatic heterocycles. The number of hydrogen-bond acceptors (Lipinski definition) is 3. The van der Waals surface area contributed by atoms with Crippen LogP contribution in [-0.2, 0) is 9.53 Å². The molecule has 15 heavy (non-hydrogen) atoms. The lowest BCUT2D eigenvalue weighted by Gasteiger charge is -2.42. The Labute approximate surface area is 91.0 Å². The van der Waals surface area contributed by atoms with Crippen molar-refractivity contribution in [1.82, 2.24) is 10.2 Å². The smallest absolute Gasteiger partial charge is 0.237 e. The van der Waals surface area contributed by atoms with Gasteiger partial charge in [0, 0.05) is 12.6 Å². The molecule has 4 nitrogen and oxygen atoms in total. The zero-order valence-corrected chi connectivity index (χ0v) is 9.58. The standard InChI is InChI=1S/C11H20N2O2/c1-11(2)8-15-6-5-13(11)10(14)7-12-9-3-4-9/h9,12H,3-8H2,1-2H3. The van der Waals surface area contributed by atoms with E-state index in [1.165, 1.54) is 12.8 Å². The second-order valence-electron chi connectivity index (χ2n) is 5.07. The van der Waals surface area contributed by atoms with Gasteiger partial charge in [-0.05, 0) is 26.7 Å². The summed E-state index contributed by atoms with van der Waals surface area (Å²) in [7, 11) is 0. The Morgan fingerprint density at radius 3 is 2.87 bits per heavy atom. The average Bonchev–Trinajstić information content (AvgIpc) is 2.97. The van der Waals surface area contributed by atoms with Gasteiger partial charge in [-0.15, -0.1) is 0 Å². The van der Waals surface area contributed by atoms with Crippen LogP contribution in [0.2, 0.25) is 0 Å². The first kappa shape index (κ1) is 10.9. The molecule has 0 aromatic heterocycles. The summed E-state index contributed by atoms with van der Waals surface area (Å²) in [5.41, 5.74) is -0.152. The number of hydrogen-bond donors (Lipinski definition) is 1. The molecular formula is C11H20N2O2. The van der Waals surface area contributed by atoms with Gasteiger partial charge in [0.1, 0.15) is 0 Å². The first-order valence-corrected chi connectivity index (χ1v) is 5.71. The highest BCUT2D eigenvalue weighted by Gasteiger charge is 2.34. The van der Waals surface area contributed by atoms with Gasteiger partial charge in [0.15, 0.2) is 0 Å². The number of nitrogens with zero attached hydrogens (tertiary/aromatic N) is 1. The van der Waals surface area contributed by atoms with E-state index in [9.17, 15) is 4.79 Å². The molecule has 2 fully saturated rings. The van der Waals surface area contributed by atoms with Gasteiger partial charge in [0.25, 0.3) is 0 Å². The Bertz CT molecular complexity index is 249. The van der Waals surface area contributed by atoms with E-state index in [2.05, 4.69) is 19.2 Å². The average molecular weight is 212 g/mol. The molecule has 0 aromatic rings. The molecule has 2 aliphatic rings. The van der Waals surface area contributed by atoms with E-state index < -0.39 is 0 Å². The maximum Gasteiger partial charge on any atom is 0.237 e. The number of nitrogens with one attached hydrogen (secondary N) is 1. The molecule has 0 radical (unpaired) electrons. The van der Waals surface area contributed by atoms with Gasteiger partial charge in [-0.2, -0.15) is 0 Å². The summed E-state index contributed by atoms with van der Waals surface area (Å²) >= 11 is 0. The van der Waals surface area contributed by atoms with Crippen LogP contribution in [0.25, 0.3) is 0 Å². The van der Waals surface area contributed by atoms with Crippen LogP contribution in [0.1, 0.15) is 26.7 Å². The van der Waals surface area contributed by atoms with Crippen molar-refractivity contribution in [1.29, 1.82) is 0 Å². The summed E-state index contributed by atoms with van der Waals surface area (Å²) in [6, 6.07) is 0.595. The highest BCUT2D eigenvalue weighted by Crippen LogP contribution is 2.20. The van der Waals surface area contributed by atoms with Gasteiger partial charge < -0.3 is 15.0 Å². The van der Waals surface area contributed by atoms with Crippen molar-refractivity contribution in [2.75, 3.05) is 26.3 Å². The van der Waals surface area contributed by atoms with Crippen LogP contribution >= 0.6 is 0 Å². The van der Waals surface area contributed by atoms with Crippen molar-refractivity contribution in [3.8, 4) is 0 Å². The minimum absolute atomic E-state index is 0.152. The van der Waals surface area contributed by atoms with Crippen molar-refractivity contribution >= 4 is 5.91 Å². The van der Waals surface area contributed by atoms with Crippen LogP contribution in [0, 0.1) is 0 Å². The molecule has 1 saturated heterocycles. The van der Waals surface area contributed by atoms with Crippen molar-refractivity contribution in [2.24, 2.45) is 0 Å². The lowest BCUT2D eigenvalue weighted by Crippen LogP contribution is -2.57. The summed E-state index contributed by atoms with van der Waals surface area (Å²) in [5.74, 6) is 0.204. The largest absolute Gasteiger partial charge is 0.377 e. The summed E-state index contributed by atoms with van der Waals surface area (Å²) in [6.07, 6.45) is 2.44. The zero-order valence-electron chi connectivity index (χ0n) is 9.58. The molecule has 1 N–H and O–H groups in total. The van der Waals surface area contributed by atoms with Crippen molar-refractivity contribution in [2.45, 2.75) is 38.3 Å². The van der Waals surface area contributed by atoms with E-state index in [4.69, 9.17) is 4.74 Å². The van der Waals surface area contributed by atoms with Crippen LogP contribution in [0.5, 0.6) is 0 Å². The number of ether oxygens (including phenoxy) is 1. The first-order chi connectivity index (χ1) is 7.09. The highest BCUT2D eigenvalue weighted by atomic mass is 16.5. The summed E-state index contributed by atoms with van der Waals surface area (Å²) in [4.78, 5) is 13.9. The van der Waals surface area contributed by atoms with E-state index in [0.717, 1.165) is 6.54 Å². The van der Waals surface area contributed by atoms with Gasteiger partial charge >= 0.3 is 0 Å². The Morgan fingerprint density at radius 2 is 2.27 bits per heavy atom. The predicted molar refractivity (Wildman–Crippen MR) is 57.6 cm³/mol. The first-order valence-electron chi connectivity index (χ1n) is 5.71. The molecule has 86 valence electrons. The molecule has 0 spiro atoms. The number of carbonyl (C=O) groups is 1. The van der Waals surface area contributed by atoms with Gasteiger partial charge in [-0.25, -0.2) is 0 Å². The molecule has 2 rings (SSSR count). The second-order valence-corrected chi connectivity index (χ2v) is 5.07. The summed E-state index contributed by atoms with van der Waals surface area (Å²) in [6.45, 7) is 6.62. The molecule has 1 saturated carbocycles. The minimum Gasteiger partial charge on any atom is -0.377 e. The maximum atomic E-state index is 12.0. The van der Waals surface area contributed by atoms with Crippen LogP contribution in [0.3, 0.4) is 0 Å². The highest BCUT2D eigenvalue weighted by molar-refractivity contribution is 5.79. The Hall–Kier alpha value is -0.610. The van der Waals surface area contributed by atoms with E-state index in [0.29, 0.717) is 25.8 Å². The number of carbonyl (C=O) groups excluding carboxylic acids is 1. The second kappa shape index (κ2) is 4.10. The third kappa shape index (κ3) is 2.69. The number of rotatable bonds is 3. The number of amides is 1. The van der Waals surface area contributed by atoms with Crippen LogP contribution in [0.15, 0.2) is 0 Å². The Morgan fingerprint density at radius 1 is 1.53 bits per heavy atom. The van der Waals surface area contributed by atoms with Gasteiger partial charge in [-0.1, -0.05) is 0 Å². The molecule has 0 aromatic carbocycles. The van der Waals surface area contributed by atoms with Crippen molar-refractivity contribution in [3.05, 3.63) is 0 Å². The molecule has 1 aliphatic carbocycles. The van der Waals surface area contributed by atoms with Crippen LogP contribution < -0.4 is 5.32 Å². The predicted octanol–water partition coefficient (Wildman–Crippen LogP) is 0.376. The van der Waals surface area contributed by atoms with Gasteiger partial charge in [0.05, 0.1) is 25.3 Å². The zero-order chi connectivity index (χ0) is 10.9. The molecule has 1 amide bonds. The fourth-order valence-electron chi connectivity index (χ4n) is 1.94. The van der Waals surface area contributed by atoms with E-state index in [1.54, 1.807) is 0 Å². The Balaban J connectivity index is 1.85. The molecule has 0 atom stereocenters. The molecule has 0 bridgehead atoms. The van der Waals surface area contributed by atoms with Crippen molar-refractivity contribution < 1.29 is 9.53 Å². The fourth-order valence-corrected chi connectivity index (χ4v) is 1.94. The lowest BCUT2D eigenvalue weighted by molar-refractivity contribution is -0.145. The monoisotopic (exact) mass is 212 g/mol. The molecular weight excluding hydrogens is 192 g/mol. The molecule has 0 unspecified atom stereocenters. The summed E-state index contributed by atoms with van der Waals surface area (Å²) < 4.78 is 5.39. The maximum absolute atomic E-state index is 12.0. The molecule has 1 heterocycles. The van der Waals surface area contributed by atoms with Crippen LogP contribution in [0.4, 0.5) is 0 Å². The lowest BCUT2D eigenvalue weighted by atomic mass is 10.0. The third-order valence-electron chi connectivity index (χ3n) is 3.07. The molecule has 4 heteroatoms. The fraction of sp³-hybridized carbons (Fsp3) is 0.909. The third-order valence-corrected chi connectivity index (χ3v) is 3.07. The van der Waals surface area contributed by atoms with Crippen LogP contribution in [-0.4, -0.2) is 48.7 Å². The number of morpholine rings is 1. The van der Waals surface area contributed by atoms with E-state index in [1.807, 2.05) is 4.90 Å². The normalized spacial score (nSPS) is 25.3. The van der Waals surface area contributed by atoms with Gasteiger partial charge in [0.2, 0.25) is 5.91 Å². The van der Waals surface area contributed by atoms with Crippen molar-refractivity contribution in [3.63, 3.8) is 0 Å². The summed E-state index contributed by atoms with van der Waals surface area (Å²) in [5, 5.41) is 3.26. The minimum atomic E-state index is -0.152. The van der Waals surface area contributed by atoms with Gasteiger partial charge in [-0.3, -0.25) is 4.79 Å².